The van der Waals surface area contributed by atoms with Gasteiger partial charge in [0.25, 0.3) is 0 Å². The lowest BCUT2D eigenvalue weighted by Crippen LogP contribution is -2.21. The standard InChI is InChI=1S/C12H19N5O/c1-9(2)6-13-7-12-14-4-5-17(12)8-11-10(3)15-18-16-11/h4-5,9,13H,6-8H2,1-3H3. The topological polar surface area (TPSA) is 68.8 Å². The molecule has 6 heteroatoms. The van der Waals surface area contributed by atoms with Gasteiger partial charge < -0.3 is 9.88 Å². The van der Waals surface area contributed by atoms with Crippen LogP contribution in [0.15, 0.2) is 17.0 Å². The molecule has 2 aromatic heterocycles. The Hall–Kier alpha value is -1.69. The van der Waals surface area contributed by atoms with Crippen LogP contribution in [0.4, 0.5) is 0 Å². The zero-order valence-corrected chi connectivity index (χ0v) is 11.1. The third-order valence-corrected chi connectivity index (χ3v) is 2.70. The number of rotatable bonds is 6. The zero-order valence-electron chi connectivity index (χ0n) is 11.1. The van der Waals surface area contributed by atoms with Gasteiger partial charge in [0.1, 0.15) is 17.2 Å². The maximum Gasteiger partial charge on any atom is 0.127 e. The normalized spacial score (nSPS) is 11.3. The van der Waals surface area contributed by atoms with Crippen LogP contribution in [-0.2, 0) is 13.1 Å². The Morgan fingerprint density at radius 2 is 2.22 bits per heavy atom. The number of imidazole rings is 1. The molecule has 0 unspecified atom stereocenters. The third kappa shape index (κ3) is 3.16. The molecule has 2 aromatic rings. The molecule has 0 radical (unpaired) electrons. The Kier molecular flexibility index (Phi) is 4.09. The smallest absolute Gasteiger partial charge is 0.127 e. The predicted octanol–water partition coefficient (Wildman–Crippen LogP) is 1.37. The summed E-state index contributed by atoms with van der Waals surface area (Å²) >= 11 is 0. The van der Waals surface area contributed by atoms with E-state index in [1.807, 2.05) is 13.1 Å². The lowest BCUT2D eigenvalue weighted by Gasteiger charge is -2.09. The average Bonchev–Trinajstić information content (AvgIpc) is 2.90. The molecule has 0 saturated carbocycles. The van der Waals surface area contributed by atoms with Gasteiger partial charge in [0.05, 0.1) is 13.1 Å². The van der Waals surface area contributed by atoms with E-state index in [0.717, 1.165) is 30.3 Å². The summed E-state index contributed by atoms with van der Waals surface area (Å²) in [6, 6.07) is 0. The summed E-state index contributed by atoms with van der Waals surface area (Å²) in [5.41, 5.74) is 1.67. The lowest BCUT2D eigenvalue weighted by atomic mass is 10.2. The Morgan fingerprint density at radius 3 is 2.89 bits per heavy atom. The van der Waals surface area contributed by atoms with Crippen molar-refractivity contribution >= 4 is 0 Å². The molecule has 2 rings (SSSR count). The first-order chi connectivity index (χ1) is 8.66. The summed E-state index contributed by atoms with van der Waals surface area (Å²) in [6.07, 6.45) is 3.75. The molecular weight excluding hydrogens is 230 g/mol. The fraction of sp³-hybridized carbons (Fsp3) is 0.583. The molecule has 98 valence electrons. The van der Waals surface area contributed by atoms with Gasteiger partial charge in [0.15, 0.2) is 0 Å². The first-order valence-electron chi connectivity index (χ1n) is 6.15. The molecule has 0 amide bonds. The second-order valence-corrected chi connectivity index (χ2v) is 4.79. The van der Waals surface area contributed by atoms with Crippen molar-refractivity contribution in [1.29, 1.82) is 0 Å². The van der Waals surface area contributed by atoms with Gasteiger partial charge in [-0.3, -0.25) is 0 Å². The van der Waals surface area contributed by atoms with Crippen molar-refractivity contribution in [2.24, 2.45) is 5.92 Å². The summed E-state index contributed by atoms with van der Waals surface area (Å²) in [5, 5.41) is 11.0. The number of nitrogens with one attached hydrogen (secondary N) is 1. The van der Waals surface area contributed by atoms with Crippen LogP contribution in [0, 0.1) is 12.8 Å². The Bertz CT molecular complexity index is 488. The molecule has 0 aromatic carbocycles. The van der Waals surface area contributed by atoms with Gasteiger partial charge in [0, 0.05) is 12.4 Å². The fourth-order valence-corrected chi connectivity index (χ4v) is 1.68. The highest BCUT2D eigenvalue weighted by molar-refractivity contribution is 5.07. The molecule has 0 saturated heterocycles. The largest absolute Gasteiger partial charge is 0.328 e. The minimum absolute atomic E-state index is 0.635. The van der Waals surface area contributed by atoms with Crippen LogP contribution < -0.4 is 5.32 Å². The molecule has 0 aliphatic carbocycles. The van der Waals surface area contributed by atoms with Crippen molar-refractivity contribution in [2.75, 3.05) is 6.54 Å². The van der Waals surface area contributed by atoms with Crippen LogP contribution in [0.25, 0.3) is 0 Å². The molecule has 6 nitrogen and oxygen atoms in total. The number of aryl methyl sites for hydroxylation is 1. The monoisotopic (exact) mass is 249 g/mol. The highest BCUT2D eigenvalue weighted by Gasteiger charge is 2.09. The molecular formula is C12H19N5O. The molecule has 0 fully saturated rings. The van der Waals surface area contributed by atoms with Gasteiger partial charge in [-0.25, -0.2) is 9.61 Å². The van der Waals surface area contributed by atoms with E-state index in [4.69, 9.17) is 4.63 Å². The minimum Gasteiger partial charge on any atom is -0.328 e. The maximum atomic E-state index is 4.70. The van der Waals surface area contributed by atoms with Crippen LogP contribution in [0.5, 0.6) is 0 Å². The summed E-state index contributed by atoms with van der Waals surface area (Å²) in [4.78, 5) is 4.34. The summed E-state index contributed by atoms with van der Waals surface area (Å²) in [6.45, 7) is 8.65. The number of aromatic nitrogens is 4. The number of hydrogen-bond donors (Lipinski definition) is 1. The molecule has 0 aliphatic heterocycles. The van der Waals surface area contributed by atoms with Crippen LogP contribution in [0.3, 0.4) is 0 Å². The molecule has 0 spiro atoms. The van der Waals surface area contributed by atoms with E-state index in [1.165, 1.54) is 0 Å². The second-order valence-electron chi connectivity index (χ2n) is 4.79. The average molecular weight is 249 g/mol. The van der Waals surface area contributed by atoms with Gasteiger partial charge in [-0.1, -0.05) is 24.2 Å². The van der Waals surface area contributed by atoms with E-state index < -0.39 is 0 Å². The molecule has 1 N–H and O–H groups in total. The molecule has 2 heterocycles. The van der Waals surface area contributed by atoms with Gasteiger partial charge in [0.2, 0.25) is 0 Å². The van der Waals surface area contributed by atoms with Crippen LogP contribution >= 0.6 is 0 Å². The highest BCUT2D eigenvalue weighted by Crippen LogP contribution is 2.06. The van der Waals surface area contributed by atoms with E-state index in [0.29, 0.717) is 12.5 Å². The fourth-order valence-electron chi connectivity index (χ4n) is 1.68. The summed E-state index contributed by atoms with van der Waals surface area (Å²) < 4.78 is 6.75. The van der Waals surface area contributed by atoms with Gasteiger partial charge in [-0.15, -0.1) is 0 Å². The van der Waals surface area contributed by atoms with Gasteiger partial charge >= 0.3 is 0 Å². The van der Waals surface area contributed by atoms with Gasteiger partial charge in [-0.2, -0.15) is 0 Å². The molecule has 0 bridgehead atoms. The summed E-state index contributed by atoms with van der Waals surface area (Å²) in [5.74, 6) is 1.63. The van der Waals surface area contributed by atoms with E-state index >= 15 is 0 Å². The number of nitrogens with zero attached hydrogens (tertiary/aromatic N) is 4. The minimum atomic E-state index is 0.635. The quantitative estimate of drug-likeness (QED) is 0.837. The SMILES string of the molecule is Cc1nonc1Cn1ccnc1CNCC(C)C. The molecule has 18 heavy (non-hydrogen) atoms. The van der Waals surface area contributed by atoms with E-state index in [2.05, 4.69) is 39.0 Å². The van der Waals surface area contributed by atoms with Crippen molar-refractivity contribution < 1.29 is 4.63 Å². The van der Waals surface area contributed by atoms with Crippen molar-refractivity contribution in [3.8, 4) is 0 Å². The first kappa shape index (κ1) is 12.8. The van der Waals surface area contributed by atoms with Crippen LogP contribution in [0.2, 0.25) is 0 Å². The van der Waals surface area contributed by atoms with E-state index in [-0.39, 0.29) is 0 Å². The molecule has 0 aliphatic rings. The van der Waals surface area contributed by atoms with Gasteiger partial charge in [-0.05, 0) is 19.4 Å². The summed E-state index contributed by atoms with van der Waals surface area (Å²) in [7, 11) is 0. The Labute approximate surface area is 106 Å². The highest BCUT2D eigenvalue weighted by atomic mass is 16.6. The molecule has 0 atom stereocenters. The second kappa shape index (κ2) is 5.77. The zero-order chi connectivity index (χ0) is 13.0. The van der Waals surface area contributed by atoms with Crippen LogP contribution in [-0.4, -0.2) is 26.4 Å². The van der Waals surface area contributed by atoms with Crippen molar-refractivity contribution in [3.05, 3.63) is 29.6 Å². The Morgan fingerprint density at radius 1 is 1.39 bits per heavy atom. The van der Waals surface area contributed by atoms with Crippen molar-refractivity contribution in [1.82, 2.24) is 25.2 Å². The number of hydrogen-bond acceptors (Lipinski definition) is 5. The van der Waals surface area contributed by atoms with E-state index in [1.54, 1.807) is 6.20 Å². The first-order valence-corrected chi connectivity index (χ1v) is 6.15. The Balaban J connectivity index is 1.97. The predicted molar refractivity (Wildman–Crippen MR) is 66.9 cm³/mol. The van der Waals surface area contributed by atoms with Crippen molar-refractivity contribution in [3.63, 3.8) is 0 Å². The van der Waals surface area contributed by atoms with Crippen LogP contribution in [0.1, 0.15) is 31.1 Å². The van der Waals surface area contributed by atoms with E-state index in [9.17, 15) is 0 Å². The van der Waals surface area contributed by atoms with Crippen molar-refractivity contribution in [2.45, 2.75) is 33.9 Å². The lowest BCUT2D eigenvalue weighted by molar-refractivity contribution is 0.300. The maximum absolute atomic E-state index is 4.70. The third-order valence-electron chi connectivity index (χ3n) is 2.70.